The highest BCUT2D eigenvalue weighted by Crippen LogP contribution is 2.34. The summed E-state index contributed by atoms with van der Waals surface area (Å²) in [6, 6.07) is 2.15. The van der Waals surface area contributed by atoms with Gasteiger partial charge in [-0.2, -0.15) is 5.10 Å². The van der Waals surface area contributed by atoms with Crippen LogP contribution in [0.5, 0.6) is 0 Å². The van der Waals surface area contributed by atoms with E-state index in [1.807, 2.05) is 22.6 Å². The molecular weight excluding hydrogens is 316 g/mol. The van der Waals surface area contributed by atoms with Crippen LogP contribution >= 0.6 is 0 Å². The van der Waals surface area contributed by atoms with Crippen LogP contribution in [-0.4, -0.2) is 50.4 Å². The van der Waals surface area contributed by atoms with Crippen LogP contribution in [0.1, 0.15) is 62.1 Å². The van der Waals surface area contributed by atoms with Crippen molar-refractivity contribution in [2.24, 2.45) is 5.41 Å². The van der Waals surface area contributed by atoms with Crippen molar-refractivity contribution in [3.63, 3.8) is 0 Å². The lowest BCUT2D eigenvalue weighted by atomic mass is 9.77. The number of pyridine rings is 1. The molecule has 1 fully saturated rings. The van der Waals surface area contributed by atoms with Gasteiger partial charge >= 0.3 is 0 Å². The predicted octanol–water partition coefficient (Wildman–Crippen LogP) is 2.95. The average Bonchev–Trinajstić information content (AvgIpc) is 3.03. The number of nitrogens with zero attached hydrogens (tertiary/aromatic N) is 4. The van der Waals surface area contributed by atoms with E-state index in [0.717, 1.165) is 36.0 Å². The molecule has 1 N–H and O–H groups in total. The van der Waals surface area contributed by atoms with Crippen LogP contribution in [0.4, 0.5) is 0 Å². The zero-order valence-electron chi connectivity index (χ0n) is 15.6. The molecule has 3 heterocycles. The number of amides is 1. The van der Waals surface area contributed by atoms with Gasteiger partial charge < -0.3 is 10.0 Å². The van der Waals surface area contributed by atoms with Crippen LogP contribution in [0.25, 0.3) is 11.0 Å². The Bertz CT molecular complexity index is 767. The monoisotopic (exact) mass is 344 g/mol. The predicted molar refractivity (Wildman–Crippen MR) is 97.6 cm³/mol. The van der Waals surface area contributed by atoms with Gasteiger partial charge in [0.2, 0.25) is 0 Å². The van der Waals surface area contributed by atoms with E-state index in [0.29, 0.717) is 18.7 Å². The number of aromatic nitrogens is 3. The first-order valence-corrected chi connectivity index (χ1v) is 9.16. The van der Waals surface area contributed by atoms with Crippen LogP contribution in [0.2, 0.25) is 0 Å². The molecule has 25 heavy (non-hydrogen) atoms. The van der Waals surface area contributed by atoms with Crippen molar-refractivity contribution in [2.45, 2.75) is 53.0 Å². The number of rotatable bonds is 4. The summed E-state index contributed by atoms with van der Waals surface area (Å²) in [4.78, 5) is 19.5. The van der Waals surface area contributed by atoms with E-state index in [4.69, 9.17) is 0 Å². The third-order valence-corrected chi connectivity index (χ3v) is 5.68. The normalized spacial score (nSPS) is 17.4. The highest BCUT2D eigenvalue weighted by atomic mass is 16.3. The molecule has 0 aromatic carbocycles. The van der Waals surface area contributed by atoms with E-state index in [1.165, 1.54) is 0 Å². The van der Waals surface area contributed by atoms with Crippen molar-refractivity contribution in [2.75, 3.05) is 19.7 Å². The summed E-state index contributed by atoms with van der Waals surface area (Å²) in [5.74, 6) is 0.0341. The van der Waals surface area contributed by atoms with E-state index in [9.17, 15) is 9.90 Å². The number of fused-ring (bicyclic) bond motifs is 1. The number of carbonyl (C=O) groups is 1. The van der Waals surface area contributed by atoms with Gasteiger partial charge in [-0.15, -0.1) is 0 Å². The lowest BCUT2D eigenvalue weighted by Crippen LogP contribution is -2.44. The van der Waals surface area contributed by atoms with Gasteiger partial charge in [-0.1, -0.05) is 6.92 Å². The molecule has 0 unspecified atom stereocenters. The molecule has 6 nitrogen and oxygen atoms in total. The Morgan fingerprint density at radius 1 is 1.36 bits per heavy atom. The number of piperidine rings is 1. The Morgan fingerprint density at radius 2 is 2.04 bits per heavy atom. The third-order valence-electron chi connectivity index (χ3n) is 5.68. The SMILES string of the molecule is CCC1(CO)CCN(C(=O)c2cc3cnn(C(C)C)c3nc2C)CC1. The number of hydrogen-bond donors (Lipinski definition) is 1. The molecule has 1 amide bonds. The van der Waals surface area contributed by atoms with Gasteiger partial charge in [0, 0.05) is 31.1 Å². The number of likely N-dealkylation sites (tertiary alicyclic amines) is 1. The molecule has 1 aliphatic rings. The minimum absolute atomic E-state index is 0.0214. The summed E-state index contributed by atoms with van der Waals surface area (Å²) in [6.45, 7) is 9.72. The summed E-state index contributed by atoms with van der Waals surface area (Å²) < 4.78 is 1.88. The largest absolute Gasteiger partial charge is 0.396 e. The lowest BCUT2D eigenvalue weighted by molar-refractivity contribution is 0.0337. The molecule has 0 atom stereocenters. The number of aryl methyl sites for hydroxylation is 1. The van der Waals surface area contributed by atoms with Gasteiger partial charge in [0.05, 0.1) is 17.5 Å². The van der Waals surface area contributed by atoms with Crippen molar-refractivity contribution in [3.8, 4) is 0 Å². The average molecular weight is 344 g/mol. The molecule has 6 heteroatoms. The van der Waals surface area contributed by atoms with Crippen LogP contribution < -0.4 is 0 Å². The maximum Gasteiger partial charge on any atom is 0.255 e. The Morgan fingerprint density at radius 3 is 2.60 bits per heavy atom. The molecule has 0 spiro atoms. The molecule has 0 bridgehead atoms. The Hall–Kier alpha value is -1.95. The molecule has 1 saturated heterocycles. The van der Waals surface area contributed by atoms with Gasteiger partial charge in [-0.25, -0.2) is 9.67 Å². The van der Waals surface area contributed by atoms with Crippen molar-refractivity contribution >= 4 is 16.9 Å². The second-order valence-corrected chi connectivity index (χ2v) is 7.52. The van der Waals surface area contributed by atoms with Crippen molar-refractivity contribution in [1.29, 1.82) is 0 Å². The highest BCUT2D eigenvalue weighted by molar-refractivity contribution is 5.98. The number of hydrogen-bond acceptors (Lipinski definition) is 4. The fourth-order valence-corrected chi connectivity index (χ4v) is 3.64. The molecular formula is C19H28N4O2. The lowest BCUT2D eigenvalue weighted by Gasteiger charge is -2.40. The minimum Gasteiger partial charge on any atom is -0.396 e. The fraction of sp³-hybridized carbons (Fsp3) is 0.632. The first kappa shape index (κ1) is 17.9. The second-order valence-electron chi connectivity index (χ2n) is 7.52. The first-order valence-electron chi connectivity index (χ1n) is 9.16. The van der Waals surface area contributed by atoms with Crippen LogP contribution in [0.3, 0.4) is 0 Å². The molecule has 2 aromatic rings. The summed E-state index contributed by atoms with van der Waals surface area (Å²) in [7, 11) is 0. The summed E-state index contributed by atoms with van der Waals surface area (Å²) in [5.41, 5.74) is 2.21. The summed E-state index contributed by atoms with van der Waals surface area (Å²) in [6.07, 6.45) is 4.44. The zero-order chi connectivity index (χ0) is 18.2. The van der Waals surface area contributed by atoms with E-state index in [-0.39, 0.29) is 24.0 Å². The van der Waals surface area contributed by atoms with E-state index >= 15 is 0 Å². The van der Waals surface area contributed by atoms with Gasteiger partial charge in [0.15, 0.2) is 5.65 Å². The minimum atomic E-state index is -0.0214. The quantitative estimate of drug-likeness (QED) is 0.926. The van der Waals surface area contributed by atoms with Gasteiger partial charge in [-0.3, -0.25) is 4.79 Å². The van der Waals surface area contributed by atoms with Crippen LogP contribution in [0.15, 0.2) is 12.3 Å². The second kappa shape index (κ2) is 6.75. The Balaban J connectivity index is 1.85. The van der Waals surface area contributed by atoms with Crippen LogP contribution in [-0.2, 0) is 0 Å². The van der Waals surface area contributed by atoms with Gasteiger partial charge in [0.25, 0.3) is 5.91 Å². The maximum absolute atomic E-state index is 13.0. The van der Waals surface area contributed by atoms with Crippen molar-refractivity contribution < 1.29 is 9.90 Å². The highest BCUT2D eigenvalue weighted by Gasteiger charge is 2.34. The van der Waals surface area contributed by atoms with E-state index in [2.05, 4.69) is 30.9 Å². The van der Waals surface area contributed by atoms with Crippen molar-refractivity contribution in [1.82, 2.24) is 19.7 Å². The van der Waals surface area contributed by atoms with Gasteiger partial charge in [-0.05, 0) is 51.5 Å². The molecule has 2 aromatic heterocycles. The molecule has 0 saturated carbocycles. The number of aliphatic hydroxyl groups is 1. The third kappa shape index (κ3) is 3.15. The number of aliphatic hydroxyl groups excluding tert-OH is 1. The van der Waals surface area contributed by atoms with Gasteiger partial charge in [0.1, 0.15) is 0 Å². The molecule has 136 valence electrons. The summed E-state index contributed by atoms with van der Waals surface area (Å²) >= 11 is 0. The summed E-state index contributed by atoms with van der Waals surface area (Å²) in [5, 5.41) is 15.0. The fourth-order valence-electron chi connectivity index (χ4n) is 3.64. The van der Waals surface area contributed by atoms with Crippen molar-refractivity contribution in [3.05, 3.63) is 23.5 Å². The molecule has 1 aliphatic heterocycles. The number of carbonyl (C=O) groups excluding carboxylic acids is 1. The standard InChI is InChI=1S/C19H28N4O2/c1-5-19(12-24)6-8-22(9-7-19)18(25)16-10-15-11-20-23(13(2)3)17(15)21-14(16)4/h10-11,13,24H,5-9,12H2,1-4H3. The Labute approximate surface area is 148 Å². The zero-order valence-corrected chi connectivity index (χ0v) is 15.6. The molecule has 3 rings (SSSR count). The molecule has 0 aliphatic carbocycles. The maximum atomic E-state index is 13.0. The smallest absolute Gasteiger partial charge is 0.255 e. The van der Waals surface area contributed by atoms with E-state index in [1.54, 1.807) is 6.20 Å². The van der Waals surface area contributed by atoms with Crippen LogP contribution in [0, 0.1) is 12.3 Å². The molecule has 0 radical (unpaired) electrons. The topological polar surface area (TPSA) is 71.2 Å². The van der Waals surface area contributed by atoms with E-state index < -0.39 is 0 Å². The Kier molecular flexibility index (Phi) is 4.82. The first-order chi connectivity index (χ1) is 11.9.